The number of hydrogen-bond donors (Lipinski definition) is 1. The normalized spacial score (nSPS) is 0. The van der Waals surface area contributed by atoms with Crippen LogP contribution in [0.5, 0.6) is 0 Å². The molecule has 0 saturated carbocycles. The van der Waals surface area contributed by atoms with Crippen LogP contribution in [0.25, 0.3) is 0 Å². The van der Waals surface area contributed by atoms with E-state index >= 15 is 0 Å². The average molecular weight is 155 g/mol. The van der Waals surface area contributed by atoms with Crippen LogP contribution >= 0.6 is 0 Å². The van der Waals surface area contributed by atoms with Gasteiger partial charge in [0.15, 0.2) is 0 Å². The Hall–Kier alpha value is 0.509. The van der Waals surface area contributed by atoms with Crippen LogP contribution in [0, 0.1) is 0 Å². The van der Waals surface area contributed by atoms with Gasteiger partial charge < -0.3 is 33.5 Å². The van der Waals surface area contributed by atoms with Gasteiger partial charge in [0.05, 0.1) is 0 Å². The van der Waals surface area contributed by atoms with Crippen molar-refractivity contribution < 1.29 is 27.4 Å². The van der Waals surface area contributed by atoms with Crippen molar-refractivity contribution in [3.05, 3.63) is 0 Å². The maximum Gasteiger partial charge on any atom is 4.00 e. The SMILES string of the molecule is N.O.[Al+3].[O-2].[O-2].[O-2].[OH-].[Si+4]. The molecule has 0 aromatic heterocycles. The summed E-state index contributed by atoms with van der Waals surface area (Å²) in [7, 11) is 0. The largest absolute Gasteiger partial charge is 4.00 e. The van der Waals surface area contributed by atoms with Gasteiger partial charge in [0.25, 0.3) is 0 Å². The van der Waals surface area contributed by atoms with Crippen molar-refractivity contribution in [2.24, 2.45) is 0 Å². The van der Waals surface area contributed by atoms with Crippen LogP contribution in [0.15, 0.2) is 0 Å². The van der Waals surface area contributed by atoms with E-state index < -0.39 is 0 Å². The van der Waals surface area contributed by atoms with Gasteiger partial charge >= 0.3 is 28.3 Å². The predicted molar refractivity (Wildman–Crippen MR) is 24.1 cm³/mol. The first-order chi connectivity index (χ1) is 0. The molecule has 0 spiro atoms. The van der Waals surface area contributed by atoms with E-state index in [9.17, 15) is 0 Å². The second-order valence-electron chi connectivity index (χ2n) is 0. The van der Waals surface area contributed by atoms with Crippen LogP contribution < -0.4 is 6.15 Å². The van der Waals surface area contributed by atoms with E-state index in [1.54, 1.807) is 0 Å². The summed E-state index contributed by atoms with van der Waals surface area (Å²) >= 11 is 0. The Bertz CT molecular complexity index is 12.4. The molecule has 8 heavy (non-hydrogen) atoms. The molecule has 0 rings (SSSR count). The van der Waals surface area contributed by atoms with Crippen LogP contribution in [0.3, 0.4) is 0 Å². The molecule has 0 atom stereocenters. The average Bonchev–Trinajstić information content (AvgIpc) is 0. The molecular formula is H6AlNO5Si. The van der Waals surface area contributed by atoms with Gasteiger partial charge in [-0.05, 0) is 0 Å². The van der Waals surface area contributed by atoms with Gasteiger partial charge in [-0.2, -0.15) is 0 Å². The van der Waals surface area contributed by atoms with Crippen LogP contribution in [-0.2, 0) is 16.4 Å². The molecule has 0 radical (unpaired) electrons. The van der Waals surface area contributed by atoms with Crippen molar-refractivity contribution in [1.82, 2.24) is 6.15 Å². The summed E-state index contributed by atoms with van der Waals surface area (Å²) in [6.45, 7) is 0. The molecule has 0 fully saturated rings. The first-order valence-corrected chi connectivity index (χ1v) is 0. The molecule has 0 unspecified atom stereocenters. The standard InChI is InChI=1S/Al.H3N.2H2O.3O.Si/h;1H3;2*1H2;;;;/q+3;;;;3*-2;+4/p-1. The zero-order valence-electron chi connectivity index (χ0n) is 3.96. The maximum atomic E-state index is 0. The van der Waals surface area contributed by atoms with Crippen LogP contribution in [-0.4, -0.2) is 39.3 Å². The summed E-state index contributed by atoms with van der Waals surface area (Å²) < 4.78 is 0. The van der Waals surface area contributed by atoms with Crippen molar-refractivity contribution in [3.63, 3.8) is 0 Å². The quantitative estimate of drug-likeness (QED) is 0.399. The summed E-state index contributed by atoms with van der Waals surface area (Å²) in [5.74, 6) is 0. The smallest absolute Gasteiger partial charge is 2.00 e. The molecule has 0 aliphatic rings. The predicted octanol–water partition coefficient (Wildman–Crippen LogP) is -1.96. The van der Waals surface area contributed by atoms with E-state index in [2.05, 4.69) is 0 Å². The minimum absolute atomic E-state index is 0. The fraction of sp³-hybridized carbons (Fsp3) is 0. The molecule has 8 heteroatoms. The van der Waals surface area contributed by atoms with E-state index in [1.165, 1.54) is 0 Å². The van der Waals surface area contributed by atoms with Crippen molar-refractivity contribution >= 4 is 28.3 Å². The van der Waals surface area contributed by atoms with E-state index in [4.69, 9.17) is 0 Å². The first-order valence-electron chi connectivity index (χ1n) is 0. The summed E-state index contributed by atoms with van der Waals surface area (Å²) in [5, 5.41) is 0. The molecule has 6 nitrogen and oxygen atoms in total. The Labute approximate surface area is 62.6 Å². The van der Waals surface area contributed by atoms with E-state index in [-0.39, 0.29) is 61.9 Å². The van der Waals surface area contributed by atoms with Crippen molar-refractivity contribution in [1.29, 1.82) is 0 Å². The molecular weight excluding hydrogens is 149 g/mol. The van der Waals surface area contributed by atoms with Crippen molar-refractivity contribution in [2.45, 2.75) is 0 Å². The molecule has 0 aliphatic carbocycles. The van der Waals surface area contributed by atoms with E-state index in [1.807, 2.05) is 0 Å². The fourth-order valence-corrected chi connectivity index (χ4v) is 0. The van der Waals surface area contributed by atoms with Gasteiger partial charge in [0.2, 0.25) is 0 Å². The Morgan fingerprint density at radius 3 is 0.750 bits per heavy atom. The van der Waals surface area contributed by atoms with Gasteiger partial charge in [-0.3, -0.25) is 0 Å². The third-order valence-corrected chi connectivity index (χ3v) is 0. The Morgan fingerprint density at radius 1 is 0.750 bits per heavy atom. The van der Waals surface area contributed by atoms with Crippen LogP contribution in [0.4, 0.5) is 0 Å². The fourth-order valence-electron chi connectivity index (χ4n) is 0. The Kier molecular flexibility index (Phi) is 284000. The Morgan fingerprint density at radius 2 is 0.750 bits per heavy atom. The summed E-state index contributed by atoms with van der Waals surface area (Å²) in [6.07, 6.45) is 0. The van der Waals surface area contributed by atoms with Crippen molar-refractivity contribution in [2.75, 3.05) is 0 Å². The summed E-state index contributed by atoms with van der Waals surface area (Å²) in [6, 6.07) is 0. The maximum absolute atomic E-state index is 0. The van der Waals surface area contributed by atoms with Gasteiger partial charge in [-0.15, -0.1) is 0 Å². The molecule has 0 bridgehead atoms. The van der Waals surface area contributed by atoms with E-state index in [0.717, 1.165) is 0 Å². The van der Waals surface area contributed by atoms with Gasteiger partial charge in [-0.25, -0.2) is 0 Å². The Balaban J connectivity index is 0. The third kappa shape index (κ3) is 762. The molecule has 0 aromatic rings. The van der Waals surface area contributed by atoms with E-state index in [0.29, 0.717) is 0 Å². The third-order valence-electron chi connectivity index (χ3n) is 0. The number of rotatable bonds is 0. The van der Waals surface area contributed by atoms with Crippen LogP contribution in [0.1, 0.15) is 0 Å². The zero-order valence-corrected chi connectivity index (χ0v) is 6.11. The summed E-state index contributed by atoms with van der Waals surface area (Å²) in [5.41, 5.74) is 0. The second-order valence-corrected chi connectivity index (χ2v) is 0. The number of hydrogen-bond acceptors (Lipinski definition) is 2. The topological polar surface area (TPSA) is 182 Å². The first kappa shape index (κ1) is 1850. The minimum atomic E-state index is 0. The van der Waals surface area contributed by atoms with Crippen molar-refractivity contribution in [3.8, 4) is 0 Å². The molecule has 0 aromatic carbocycles. The monoisotopic (exact) mass is 155 g/mol. The second kappa shape index (κ2) is 1230. The molecule has 0 heterocycles. The minimum Gasteiger partial charge on any atom is -2.00 e. The molecule has 0 aliphatic heterocycles. The van der Waals surface area contributed by atoms with Crippen LogP contribution in [0.2, 0.25) is 0 Å². The molecule has 0 saturated heterocycles. The van der Waals surface area contributed by atoms with Gasteiger partial charge in [-0.1, -0.05) is 0 Å². The summed E-state index contributed by atoms with van der Waals surface area (Å²) in [4.78, 5) is 0. The molecule has 0 amide bonds. The molecule has 48 valence electrons. The van der Waals surface area contributed by atoms with Gasteiger partial charge in [0.1, 0.15) is 0 Å². The zero-order chi connectivity index (χ0) is 0. The van der Waals surface area contributed by atoms with Gasteiger partial charge in [0, 0.05) is 0 Å². The molecule has 6 N–H and O–H groups in total.